The van der Waals surface area contributed by atoms with Crippen molar-refractivity contribution in [3.63, 3.8) is 0 Å². The second-order valence-corrected chi connectivity index (χ2v) is 8.40. The Morgan fingerprint density at radius 2 is 1.42 bits per heavy atom. The molecule has 0 heterocycles. The number of hydrogen-bond donors (Lipinski definition) is 0. The first-order valence-electron chi connectivity index (χ1n) is 8.82. The van der Waals surface area contributed by atoms with Gasteiger partial charge in [0.25, 0.3) is 0 Å². The van der Waals surface area contributed by atoms with Crippen LogP contribution in [0.15, 0.2) is 0 Å². The van der Waals surface area contributed by atoms with E-state index in [1.54, 1.807) is 0 Å². The van der Waals surface area contributed by atoms with Crippen LogP contribution in [0.4, 0.5) is 8.78 Å². The van der Waals surface area contributed by atoms with Crippen LogP contribution in [0.25, 0.3) is 0 Å². The summed E-state index contributed by atoms with van der Waals surface area (Å²) in [5.41, 5.74) is 0. The van der Waals surface area contributed by atoms with Crippen LogP contribution in [0.3, 0.4) is 0 Å². The summed E-state index contributed by atoms with van der Waals surface area (Å²) in [6.07, 6.45) is 6.30. The first-order chi connectivity index (χ1) is 12.1. The van der Waals surface area contributed by atoms with Gasteiger partial charge in [-0.2, -0.15) is 8.78 Å². The molecule has 7 nitrogen and oxygen atoms in total. The molecule has 26 heavy (non-hydrogen) atoms. The van der Waals surface area contributed by atoms with Crippen LogP contribution in [0.1, 0.15) is 57.8 Å². The Hall–Kier alpha value is -1.29. The number of alkyl halides is 2. The van der Waals surface area contributed by atoms with Crippen LogP contribution in [-0.2, 0) is 29.2 Å². The minimum Gasteiger partial charge on any atom is -0.743 e. The number of hydrogen-bond acceptors (Lipinski definition) is 7. The molecule has 150 valence electrons. The highest BCUT2D eigenvalue weighted by Gasteiger charge is 2.43. The molecule has 2 aliphatic rings. The SMILES string of the molecule is O=C(OCC(F)(F)S(=O)(=O)[O-])C1CCCCC1C(=O)OC1CCCCC1. The number of rotatable bonds is 6. The molecule has 0 aromatic carbocycles. The molecule has 0 radical (unpaired) electrons. The van der Waals surface area contributed by atoms with Crippen LogP contribution >= 0.6 is 0 Å². The van der Waals surface area contributed by atoms with E-state index < -0.39 is 45.8 Å². The molecule has 2 saturated carbocycles. The van der Waals surface area contributed by atoms with Crippen LogP contribution in [0, 0.1) is 11.8 Å². The van der Waals surface area contributed by atoms with E-state index in [1.807, 2.05) is 0 Å². The Balaban J connectivity index is 1.96. The summed E-state index contributed by atoms with van der Waals surface area (Å²) in [5, 5.41) is -4.70. The minimum absolute atomic E-state index is 0.190. The van der Waals surface area contributed by atoms with Gasteiger partial charge in [0, 0.05) is 0 Å². The molecule has 2 atom stereocenters. The van der Waals surface area contributed by atoms with E-state index in [4.69, 9.17) is 4.74 Å². The van der Waals surface area contributed by atoms with Crippen molar-refractivity contribution in [2.75, 3.05) is 6.61 Å². The molecule has 0 saturated heterocycles. The van der Waals surface area contributed by atoms with Crippen LogP contribution < -0.4 is 0 Å². The normalized spacial score (nSPS) is 25.5. The highest BCUT2D eigenvalue weighted by atomic mass is 32.2. The van der Waals surface area contributed by atoms with Crippen molar-refractivity contribution in [2.45, 2.75) is 69.1 Å². The topological polar surface area (TPSA) is 110 Å². The molecule has 10 heteroatoms. The van der Waals surface area contributed by atoms with Crippen LogP contribution in [0.2, 0.25) is 0 Å². The number of halogens is 2. The predicted molar refractivity (Wildman–Crippen MR) is 84.0 cm³/mol. The zero-order valence-corrected chi connectivity index (χ0v) is 15.1. The van der Waals surface area contributed by atoms with Crippen molar-refractivity contribution < 1.29 is 40.8 Å². The van der Waals surface area contributed by atoms with Gasteiger partial charge in [0.05, 0.1) is 11.8 Å². The second kappa shape index (κ2) is 8.60. The molecular formula is C16H23F2O7S-. The van der Waals surface area contributed by atoms with E-state index in [-0.39, 0.29) is 12.5 Å². The molecule has 0 bridgehead atoms. The smallest absolute Gasteiger partial charge is 0.367 e. The average Bonchev–Trinajstić information content (AvgIpc) is 2.59. The van der Waals surface area contributed by atoms with Gasteiger partial charge in [-0.15, -0.1) is 0 Å². The maximum atomic E-state index is 13.2. The first-order valence-corrected chi connectivity index (χ1v) is 10.2. The fourth-order valence-corrected chi connectivity index (χ4v) is 3.67. The van der Waals surface area contributed by atoms with Gasteiger partial charge in [0.2, 0.25) is 0 Å². The third kappa shape index (κ3) is 5.35. The van der Waals surface area contributed by atoms with E-state index >= 15 is 0 Å². The third-order valence-electron chi connectivity index (χ3n) is 4.95. The van der Waals surface area contributed by atoms with Gasteiger partial charge in [-0.1, -0.05) is 19.3 Å². The van der Waals surface area contributed by atoms with Gasteiger partial charge < -0.3 is 14.0 Å². The number of ether oxygens (including phenoxy) is 2. The zero-order chi connectivity index (χ0) is 19.4. The van der Waals surface area contributed by atoms with Gasteiger partial charge in [0.1, 0.15) is 6.10 Å². The van der Waals surface area contributed by atoms with Crippen molar-refractivity contribution in [1.29, 1.82) is 0 Å². The van der Waals surface area contributed by atoms with E-state index in [2.05, 4.69) is 4.74 Å². The molecule has 2 unspecified atom stereocenters. The molecular weight excluding hydrogens is 374 g/mol. The van der Waals surface area contributed by atoms with Crippen molar-refractivity contribution in [3.05, 3.63) is 0 Å². The van der Waals surface area contributed by atoms with E-state index in [0.717, 1.165) is 32.1 Å². The zero-order valence-electron chi connectivity index (χ0n) is 14.3. The lowest BCUT2D eigenvalue weighted by Gasteiger charge is -2.31. The summed E-state index contributed by atoms with van der Waals surface area (Å²) in [5.74, 6) is -3.40. The van der Waals surface area contributed by atoms with E-state index in [1.165, 1.54) is 0 Å². The fourth-order valence-electron chi connectivity index (χ4n) is 3.46. The van der Waals surface area contributed by atoms with Crippen molar-refractivity contribution in [1.82, 2.24) is 0 Å². The lowest BCUT2D eigenvalue weighted by molar-refractivity contribution is -0.169. The predicted octanol–water partition coefficient (Wildman–Crippen LogP) is 2.35. The summed E-state index contributed by atoms with van der Waals surface area (Å²) in [7, 11) is -5.93. The van der Waals surface area contributed by atoms with Gasteiger partial charge in [-0.25, -0.2) is 8.42 Å². The molecule has 0 amide bonds. The highest BCUT2D eigenvalue weighted by Crippen LogP contribution is 2.34. The summed E-state index contributed by atoms with van der Waals surface area (Å²) in [6.45, 7) is -1.85. The van der Waals surface area contributed by atoms with Crippen molar-refractivity contribution in [3.8, 4) is 0 Å². The molecule has 0 aliphatic heterocycles. The van der Waals surface area contributed by atoms with Crippen LogP contribution in [-0.4, -0.2) is 42.9 Å². The largest absolute Gasteiger partial charge is 0.743 e. The molecule has 0 spiro atoms. The maximum absolute atomic E-state index is 13.2. The third-order valence-corrected chi connectivity index (χ3v) is 5.80. The number of carbonyl (C=O) groups is 2. The first kappa shape index (κ1) is 21.0. The second-order valence-electron chi connectivity index (χ2n) is 6.89. The Labute approximate surface area is 151 Å². The molecule has 2 aliphatic carbocycles. The quantitative estimate of drug-likeness (QED) is 0.500. The minimum atomic E-state index is -5.93. The monoisotopic (exact) mass is 397 g/mol. The van der Waals surface area contributed by atoms with Crippen LogP contribution in [0.5, 0.6) is 0 Å². The Bertz CT molecular complexity index is 614. The molecule has 0 aromatic heterocycles. The Morgan fingerprint density at radius 1 is 0.923 bits per heavy atom. The number of carbonyl (C=O) groups excluding carboxylic acids is 2. The van der Waals surface area contributed by atoms with Crippen molar-refractivity contribution >= 4 is 22.1 Å². The maximum Gasteiger partial charge on any atom is 0.367 e. The standard InChI is InChI=1S/C16H24F2O7S/c17-16(18,26(21,22)23)10-24-14(19)12-8-4-5-9-13(12)15(20)25-11-6-2-1-3-7-11/h11-13H,1-10H2,(H,21,22,23)/p-1. The van der Waals surface area contributed by atoms with E-state index in [0.29, 0.717) is 19.3 Å². The summed E-state index contributed by atoms with van der Waals surface area (Å²) >= 11 is 0. The van der Waals surface area contributed by atoms with Gasteiger partial charge in [0.15, 0.2) is 16.7 Å². The van der Waals surface area contributed by atoms with Gasteiger partial charge >= 0.3 is 17.2 Å². The number of esters is 2. The summed E-state index contributed by atoms with van der Waals surface area (Å²) < 4.78 is 67.5. The Morgan fingerprint density at radius 3 is 1.96 bits per heavy atom. The molecule has 0 aromatic rings. The molecule has 2 fully saturated rings. The van der Waals surface area contributed by atoms with Gasteiger partial charge in [-0.05, 0) is 38.5 Å². The fraction of sp³-hybridized carbons (Fsp3) is 0.875. The molecule has 0 N–H and O–H groups in total. The van der Waals surface area contributed by atoms with Crippen molar-refractivity contribution in [2.24, 2.45) is 11.8 Å². The van der Waals surface area contributed by atoms with Gasteiger partial charge in [-0.3, -0.25) is 9.59 Å². The lowest BCUT2D eigenvalue weighted by Crippen LogP contribution is -2.40. The summed E-state index contributed by atoms with van der Waals surface area (Å²) in [4.78, 5) is 24.5. The summed E-state index contributed by atoms with van der Waals surface area (Å²) in [6, 6.07) is 0. The highest BCUT2D eigenvalue weighted by molar-refractivity contribution is 7.86. The lowest BCUT2D eigenvalue weighted by atomic mass is 9.79. The van der Waals surface area contributed by atoms with E-state index in [9.17, 15) is 31.3 Å². The average molecular weight is 397 g/mol. The Kier molecular flexibility index (Phi) is 6.95. The molecule has 2 rings (SSSR count).